The third-order valence-corrected chi connectivity index (χ3v) is 5.55. The van der Waals surface area contributed by atoms with E-state index in [9.17, 15) is 9.59 Å². The number of piperidine rings is 1. The van der Waals surface area contributed by atoms with Crippen molar-refractivity contribution in [3.8, 4) is 0 Å². The van der Waals surface area contributed by atoms with Crippen LogP contribution in [0.2, 0.25) is 5.02 Å². The molecule has 29 heavy (non-hydrogen) atoms. The normalized spacial score (nSPS) is 16.3. The van der Waals surface area contributed by atoms with Crippen LogP contribution in [0.25, 0.3) is 0 Å². The van der Waals surface area contributed by atoms with Crippen LogP contribution >= 0.6 is 11.6 Å². The van der Waals surface area contributed by atoms with Crippen molar-refractivity contribution in [2.75, 3.05) is 38.1 Å². The average molecular weight is 414 g/mol. The second kappa shape index (κ2) is 10.3. The number of likely N-dealkylation sites (tertiary alicyclic amines) is 1. The number of halogens is 1. The fraction of sp³-hybridized carbons (Fsp3) is 0.391. The highest BCUT2D eigenvalue weighted by Gasteiger charge is 2.28. The molecule has 1 heterocycles. The minimum atomic E-state index is -0.154. The second-order valence-electron chi connectivity index (χ2n) is 7.50. The number of benzene rings is 2. The largest absolute Gasteiger partial charge is 0.375 e. The van der Waals surface area contributed by atoms with Crippen LogP contribution in [0.3, 0.4) is 0 Å². The van der Waals surface area contributed by atoms with Gasteiger partial charge in [0.2, 0.25) is 5.91 Å². The number of rotatable bonds is 7. The van der Waals surface area contributed by atoms with Crippen LogP contribution < -0.4 is 10.2 Å². The summed E-state index contributed by atoms with van der Waals surface area (Å²) in [5.74, 6) is -0.177. The third-order valence-electron chi connectivity index (χ3n) is 5.32. The minimum absolute atomic E-state index is 0.0379. The Hall–Kier alpha value is -2.53. The van der Waals surface area contributed by atoms with Crippen molar-refractivity contribution in [2.45, 2.75) is 19.3 Å². The van der Waals surface area contributed by atoms with Crippen LogP contribution in [0.5, 0.6) is 0 Å². The van der Waals surface area contributed by atoms with E-state index in [4.69, 9.17) is 11.6 Å². The van der Waals surface area contributed by atoms with Crippen LogP contribution in [-0.2, 0) is 4.79 Å². The van der Waals surface area contributed by atoms with Gasteiger partial charge in [-0.1, -0.05) is 35.9 Å². The molecule has 1 atom stereocenters. The highest BCUT2D eigenvalue weighted by molar-refractivity contribution is 6.30. The highest BCUT2D eigenvalue weighted by atomic mass is 35.5. The van der Waals surface area contributed by atoms with E-state index >= 15 is 0 Å². The van der Waals surface area contributed by atoms with Crippen molar-refractivity contribution in [3.63, 3.8) is 0 Å². The highest BCUT2D eigenvalue weighted by Crippen LogP contribution is 2.20. The van der Waals surface area contributed by atoms with Crippen molar-refractivity contribution < 1.29 is 9.59 Å². The van der Waals surface area contributed by atoms with Gasteiger partial charge in [-0.2, -0.15) is 0 Å². The molecule has 1 aliphatic heterocycles. The van der Waals surface area contributed by atoms with Gasteiger partial charge < -0.3 is 15.1 Å². The van der Waals surface area contributed by atoms with Crippen molar-refractivity contribution in [1.82, 2.24) is 10.2 Å². The molecule has 1 fully saturated rings. The maximum absolute atomic E-state index is 12.7. The summed E-state index contributed by atoms with van der Waals surface area (Å²) in [6, 6.07) is 17.2. The summed E-state index contributed by atoms with van der Waals surface area (Å²) < 4.78 is 0. The van der Waals surface area contributed by atoms with Crippen molar-refractivity contribution in [1.29, 1.82) is 0 Å². The first-order chi connectivity index (χ1) is 14.0. The quantitative estimate of drug-likeness (QED) is 0.702. The Labute approximate surface area is 177 Å². The van der Waals surface area contributed by atoms with Gasteiger partial charge in [0, 0.05) is 49.5 Å². The van der Waals surface area contributed by atoms with E-state index in [0.29, 0.717) is 30.2 Å². The zero-order valence-electron chi connectivity index (χ0n) is 16.8. The van der Waals surface area contributed by atoms with E-state index in [1.807, 2.05) is 18.2 Å². The number of hydrogen-bond acceptors (Lipinski definition) is 3. The van der Waals surface area contributed by atoms with Gasteiger partial charge in [0.15, 0.2) is 0 Å². The van der Waals surface area contributed by atoms with E-state index in [0.717, 1.165) is 25.8 Å². The molecule has 2 amide bonds. The van der Waals surface area contributed by atoms with Gasteiger partial charge in [0.25, 0.3) is 5.91 Å². The molecule has 0 saturated carbocycles. The molecule has 2 aromatic carbocycles. The maximum atomic E-state index is 12.7. The predicted octanol–water partition coefficient (Wildman–Crippen LogP) is 3.83. The van der Waals surface area contributed by atoms with Crippen LogP contribution in [0, 0.1) is 5.92 Å². The molecule has 0 unspecified atom stereocenters. The SMILES string of the molecule is CN(CCCNC(=O)[C@H]1CCCN(C(=O)c2cccc(Cl)c2)C1)c1ccccc1. The number of para-hydroxylation sites is 1. The first-order valence-corrected chi connectivity index (χ1v) is 10.5. The number of amides is 2. The zero-order chi connectivity index (χ0) is 20.6. The summed E-state index contributed by atoms with van der Waals surface area (Å²) in [5, 5.41) is 3.59. The molecule has 5 nitrogen and oxygen atoms in total. The first kappa shape index (κ1) is 21.2. The lowest BCUT2D eigenvalue weighted by molar-refractivity contribution is -0.126. The fourth-order valence-electron chi connectivity index (χ4n) is 3.66. The molecule has 0 bridgehead atoms. The lowest BCUT2D eigenvalue weighted by atomic mass is 9.96. The number of anilines is 1. The summed E-state index contributed by atoms with van der Waals surface area (Å²) in [6.45, 7) is 2.64. The summed E-state index contributed by atoms with van der Waals surface area (Å²) in [6.07, 6.45) is 2.52. The zero-order valence-corrected chi connectivity index (χ0v) is 17.6. The number of carbonyl (C=O) groups is 2. The molecule has 1 saturated heterocycles. The lowest BCUT2D eigenvalue weighted by Gasteiger charge is -2.32. The average Bonchev–Trinajstić information content (AvgIpc) is 2.76. The molecule has 2 aromatic rings. The summed E-state index contributed by atoms with van der Waals surface area (Å²) in [7, 11) is 2.05. The van der Waals surface area contributed by atoms with E-state index in [2.05, 4.69) is 29.4 Å². The molecule has 0 aromatic heterocycles. The fourth-order valence-corrected chi connectivity index (χ4v) is 3.85. The van der Waals surface area contributed by atoms with Gasteiger partial charge in [-0.3, -0.25) is 9.59 Å². The molecular weight excluding hydrogens is 386 g/mol. The number of hydrogen-bond donors (Lipinski definition) is 1. The number of nitrogens with one attached hydrogen (secondary N) is 1. The Morgan fingerprint density at radius 1 is 1.17 bits per heavy atom. The van der Waals surface area contributed by atoms with Gasteiger partial charge >= 0.3 is 0 Å². The predicted molar refractivity (Wildman–Crippen MR) is 117 cm³/mol. The Morgan fingerprint density at radius 2 is 1.97 bits per heavy atom. The first-order valence-electron chi connectivity index (χ1n) is 10.1. The molecular formula is C23H28ClN3O2. The Morgan fingerprint density at radius 3 is 2.72 bits per heavy atom. The summed E-state index contributed by atoms with van der Waals surface area (Å²) in [5.41, 5.74) is 1.74. The van der Waals surface area contributed by atoms with Crippen molar-refractivity contribution in [3.05, 3.63) is 65.2 Å². The van der Waals surface area contributed by atoms with Crippen molar-refractivity contribution >= 4 is 29.1 Å². The van der Waals surface area contributed by atoms with Crippen LogP contribution in [-0.4, -0.2) is 49.9 Å². The third kappa shape index (κ3) is 5.97. The van der Waals surface area contributed by atoms with Crippen LogP contribution in [0.1, 0.15) is 29.6 Å². The van der Waals surface area contributed by atoms with Gasteiger partial charge in [-0.25, -0.2) is 0 Å². The Balaban J connectivity index is 1.44. The monoisotopic (exact) mass is 413 g/mol. The molecule has 3 rings (SSSR count). The van der Waals surface area contributed by atoms with E-state index < -0.39 is 0 Å². The standard InChI is InChI=1S/C23H28ClN3O2/c1-26(21-11-3-2-4-12-21)14-7-13-25-22(28)19-9-6-15-27(17-19)23(29)18-8-5-10-20(24)16-18/h2-5,8,10-12,16,19H,6-7,9,13-15,17H2,1H3,(H,25,28)/t19-/m0/s1. The van der Waals surface area contributed by atoms with Gasteiger partial charge in [-0.15, -0.1) is 0 Å². The van der Waals surface area contributed by atoms with E-state index in [1.165, 1.54) is 5.69 Å². The number of nitrogens with zero attached hydrogens (tertiary/aromatic N) is 2. The van der Waals surface area contributed by atoms with Gasteiger partial charge in [0.05, 0.1) is 5.92 Å². The minimum Gasteiger partial charge on any atom is -0.375 e. The van der Waals surface area contributed by atoms with Gasteiger partial charge in [-0.05, 0) is 49.6 Å². The summed E-state index contributed by atoms with van der Waals surface area (Å²) in [4.78, 5) is 29.3. The molecule has 1 aliphatic rings. The molecule has 0 radical (unpaired) electrons. The van der Waals surface area contributed by atoms with Crippen LogP contribution in [0.4, 0.5) is 5.69 Å². The van der Waals surface area contributed by atoms with Crippen molar-refractivity contribution in [2.24, 2.45) is 5.92 Å². The summed E-state index contributed by atoms with van der Waals surface area (Å²) >= 11 is 6.00. The molecule has 6 heteroatoms. The maximum Gasteiger partial charge on any atom is 0.253 e. The van der Waals surface area contributed by atoms with Crippen LogP contribution in [0.15, 0.2) is 54.6 Å². The smallest absolute Gasteiger partial charge is 0.253 e. The lowest BCUT2D eigenvalue weighted by Crippen LogP contribution is -2.45. The van der Waals surface area contributed by atoms with E-state index in [1.54, 1.807) is 29.2 Å². The Bertz CT molecular complexity index is 828. The number of carbonyl (C=O) groups excluding carboxylic acids is 2. The molecule has 0 aliphatic carbocycles. The van der Waals surface area contributed by atoms with E-state index in [-0.39, 0.29) is 17.7 Å². The molecule has 154 valence electrons. The molecule has 1 N–H and O–H groups in total. The topological polar surface area (TPSA) is 52.7 Å². The second-order valence-corrected chi connectivity index (χ2v) is 7.94. The van der Waals surface area contributed by atoms with Gasteiger partial charge in [0.1, 0.15) is 0 Å². The Kier molecular flexibility index (Phi) is 7.53. The molecule has 0 spiro atoms.